The Morgan fingerprint density at radius 2 is 1.86 bits per heavy atom. The zero-order valence-electron chi connectivity index (χ0n) is 11.7. The van der Waals surface area contributed by atoms with Crippen LogP contribution in [0.3, 0.4) is 0 Å². The average Bonchev–Trinajstić information content (AvgIpc) is 2.41. The van der Waals surface area contributed by atoms with Gasteiger partial charge in [-0.15, -0.1) is 0 Å². The molecule has 1 fully saturated rings. The molecule has 0 radical (unpaired) electrons. The molecule has 1 aromatic rings. The molecule has 9 heteroatoms. The van der Waals surface area contributed by atoms with Crippen molar-refractivity contribution in [1.29, 1.82) is 0 Å². The lowest BCUT2D eigenvalue weighted by Crippen LogP contribution is -2.30. The minimum atomic E-state index is -4.51. The summed E-state index contributed by atoms with van der Waals surface area (Å²) >= 11 is 0. The molecule has 1 aliphatic rings. The van der Waals surface area contributed by atoms with Crippen LogP contribution in [0.4, 0.5) is 13.2 Å². The predicted molar refractivity (Wildman–Crippen MR) is 73.3 cm³/mol. The molecule has 0 spiro atoms. The van der Waals surface area contributed by atoms with Crippen LogP contribution in [0.2, 0.25) is 0 Å². The highest BCUT2D eigenvalue weighted by molar-refractivity contribution is 7.91. The van der Waals surface area contributed by atoms with Gasteiger partial charge in [0.1, 0.15) is 0 Å². The van der Waals surface area contributed by atoms with Crippen molar-refractivity contribution < 1.29 is 26.3 Å². The van der Waals surface area contributed by atoms with Gasteiger partial charge in [0.05, 0.1) is 29.8 Å². The van der Waals surface area contributed by atoms with Gasteiger partial charge in [-0.2, -0.15) is 13.2 Å². The maximum absolute atomic E-state index is 12.6. The zero-order chi connectivity index (χ0) is 16.4. The third-order valence-corrected chi connectivity index (χ3v) is 5.21. The van der Waals surface area contributed by atoms with Crippen molar-refractivity contribution in [2.45, 2.75) is 31.7 Å². The van der Waals surface area contributed by atoms with Gasteiger partial charge >= 0.3 is 6.18 Å². The summed E-state index contributed by atoms with van der Waals surface area (Å²) in [7, 11) is -2.98. The number of hydrogen-bond donors (Lipinski definition) is 0. The third kappa shape index (κ3) is 4.57. The molecule has 1 saturated heterocycles. The molecule has 0 aliphatic carbocycles. The van der Waals surface area contributed by atoms with Crippen LogP contribution in [-0.2, 0) is 27.3 Å². The summed E-state index contributed by atoms with van der Waals surface area (Å²) < 4.78 is 66.7. The predicted octanol–water partition coefficient (Wildman–Crippen LogP) is 1.46. The van der Waals surface area contributed by atoms with E-state index in [4.69, 9.17) is 4.74 Å². The van der Waals surface area contributed by atoms with Crippen LogP contribution in [0, 0.1) is 0 Å². The fourth-order valence-electron chi connectivity index (χ4n) is 2.23. The highest BCUT2D eigenvalue weighted by Gasteiger charge is 2.31. The van der Waals surface area contributed by atoms with Gasteiger partial charge in [0.2, 0.25) is 0 Å². The van der Waals surface area contributed by atoms with Crippen LogP contribution in [0.15, 0.2) is 23.1 Å². The van der Waals surface area contributed by atoms with Crippen molar-refractivity contribution in [2.24, 2.45) is 0 Å². The topological polar surface area (TPSA) is 65.4 Å². The van der Waals surface area contributed by atoms with E-state index in [1.165, 1.54) is 0 Å². The summed E-state index contributed by atoms with van der Waals surface area (Å²) in [6.07, 6.45) is -3.23. The lowest BCUT2D eigenvalue weighted by atomic mass is 10.2. The standard InChI is InChI=1S/C13H16F3NO4S/c14-13(15,16)10-1-2-12(18)17(9-10)5-6-21-11-3-7-22(19,20)8-4-11/h1-2,9,11H,3-8H2. The number of nitrogens with zero attached hydrogens (tertiary/aromatic N) is 1. The van der Waals surface area contributed by atoms with Crippen molar-refractivity contribution in [3.8, 4) is 0 Å². The van der Waals surface area contributed by atoms with Crippen molar-refractivity contribution in [2.75, 3.05) is 18.1 Å². The molecule has 1 aromatic heterocycles. The first-order valence-corrected chi connectivity index (χ1v) is 8.59. The van der Waals surface area contributed by atoms with Crippen molar-refractivity contribution in [3.63, 3.8) is 0 Å². The number of ether oxygens (including phenoxy) is 1. The molecule has 0 aromatic carbocycles. The summed E-state index contributed by atoms with van der Waals surface area (Å²) in [6, 6.07) is 1.61. The smallest absolute Gasteiger partial charge is 0.376 e. The Morgan fingerprint density at radius 1 is 1.23 bits per heavy atom. The van der Waals surface area contributed by atoms with Gasteiger partial charge in [-0.05, 0) is 18.9 Å². The quantitative estimate of drug-likeness (QED) is 0.833. The van der Waals surface area contributed by atoms with Crippen LogP contribution in [0.5, 0.6) is 0 Å². The van der Waals surface area contributed by atoms with Crippen LogP contribution in [0.25, 0.3) is 0 Å². The number of hydrogen-bond acceptors (Lipinski definition) is 4. The van der Waals surface area contributed by atoms with E-state index in [0.29, 0.717) is 12.8 Å². The molecule has 2 rings (SSSR count). The summed E-state index contributed by atoms with van der Waals surface area (Å²) in [4.78, 5) is 11.5. The van der Waals surface area contributed by atoms with Gasteiger partial charge in [0.25, 0.3) is 5.56 Å². The van der Waals surface area contributed by atoms with Crippen LogP contribution >= 0.6 is 0 Å². The van der Waals surface area contributed by atoms with E-state index in [9.17, 15) is 26.4 Å². The minimum Gasteiger partial charge on any atom is -0.376 e. The maximum Gasteiger partial charge on any atom is 0.417 e. The second-order valence-corrected chi connectivity index (χ2v) is 7.47. The van der Waals surface area contributed by atoms with Crippen molar-refractivity contribution >= 4 is 9.84 Å². The Bertz CT molecular complexity index is 667. The first kappa shape index (κ1) is 17.0. The molecule has 0 unspecified atom stereocenters. The van der Waals surface area contributed by atoms with E-state index >= 15 is 0 Å². The van der Waals surface area contributed by atoms with E-state index in [1.807, 2.05) is 0 Å². The molecule has 0 atom stereocenters. The van der Waals surface area contributed by atoms with E-state index in [0.717, 1.165) is 22.9 Å². The monoisotopic (exact) mass is 339 g/mol. The molecule has 0 saturated carbocycles. The zero-order valence-corrected chi connectivity index (χ0v) is 12.5. The lowest BCUT2D eigenvalue weighted by Gasteiger charge is -2.22. The van der Waals surface area contributed by atoms with Crippen molar-refractivity contribution in [1.82, 2.24) is 4.57 Å². The molecule has 2 heterocycles. The lowest BCUT2D eigenvalue weighted by molar-refractivity contribution is -0.138. The minimum absolute atomic E-state index is 0.00793. The van der Waals surface area contributed by atoms with Gasteiger partial charge < -0.3 is 9.30 Å². The Morgan fingerprint density at radius 3 is 2.45 bits per heavy atom. The summed E-state index contributed by atoms with van der Waals surface area (Å²) in [6.45, 7) is 0.0535. The van der Waals surface area contributed by atoms with Gasteiger partial charge in [-0.25, -0.2) is 8.42 Å². The maximum atomic E-state index is 12.6. The molecule has 0 N–H and O–H groups in total. The third-order valence-electron chi connectivity index (χ3n) is 3.50. The summed E-state index contributed by atoms with van der Waals surface area (Å²) in [5, 5.41) is 0. The van der Waals surface area contributed by atoms with Gasteiger partial charge in [-0.3, -0.25) is 4.79 Å². The number of sulfone groups is 1. The van der Waals surface area contributed by atoms with Crippen LogP contribution < -0.4 is 5.56 Å². The normalized spacial score (nSPS) is 19.2. The molecular weight excluding hydrogens is 323 g/mol. The van der Waals surface area contributed by atoms with E-state index in [2.05, 4.69) is 0 Å². The Balaban J connectivity index is 1.91. The fraction of sp³-hybridized carbons (Fsp3) is 0.615. The first-order valence-electron chi connectivity index (χ1n) is 6.77. The van der Waals surface area contributed by atoms with Gasteiger partial charge in [0, 0.05) is 18.8 Å². The number of alkyl halides is 3. The average molecular weight is 339 g/mol. The number of aromatic nitrogens is 1. The molecule has 1 aliphatic heterocycles. The molecule has 5 nitrogen and oxygen atoms in total. The summed E-state index contributed by atoms with van der Waals surface area (Å²) in [5.41, 5.74) is -1.43. The highest BCUT2D eigenvalue weighted by atomic mass is 32.2. The largest absolute Gasteiger partial charge is 0.417 e. The molecule has 0 amide bonds. The number of pyridine rings is 1. The van der Waals surface area contributed by atoms with E-state index < -0.39 is 27.1 Å². The number of halogens is 3. The highest BCUT2D eigenvalue weighted by Crippen LogP contribution is 2.28. The van der Waals surface area contributed by atoms with E-state index in [-0.39, 0.29) is 30.8 Å². The SMILES string of the molecule is O=c1ccc(C(F)(F)F)cn1CCOC1CCS(=O)(=O)CC1. The Kier molecular flexibility index (Phi) is 4.96. The van der Waals surface area contributed by atoms with Gasteiger partial charge in [0.15, 0.2) is 9.84 Å². The fourth-order valence-corrected chi connectivity index (χ4v) is 3.67. The van der Waals surface area contributed by atoms with E-state index in [1.54, 1.807) is 0 Å². The van der Waals surface area contributed by atoms with Crippen LogP contribution in [-0.4, -0.2) is 37.2 Å². The number of rotatable bonds is 4. The second-order valence-electron chi connectivity index (χ2n) is 5.17. The Hall–Kier alpha value is -1.35. The molecule has 124 valence electrons. The molecular formula is C13H16F3NO4S. The van der Waals surface area contributed by atoms with Crippen molar-refractivity contribution in [3.05, 3.63) is 34.2 Å². The first-order chi connectivity index (χ1) is 10.2. The van der Waals surface area contributed by atoms with Gasteiger partial charge in [-0.1, -0.05) is 0 Å². The molecule has 22 heavy (non-hydrogen) atoms. The van der Waals surface area contributed by atoms with Crippen LogP contribution in [0.1, 0.15) is 18.4 Å². The Labute approximate surface area is 125 Å². The second kappa shape index (κ2) is 6.41. The molecule has 0 bridgehead atoms. The summed E-state index contributed by atoms with van der Waals surface area (Å²) in [5.74, 6) is 0.113.